The van der Waals surface area contributed by atoms with E-state index in [0.29, 0.717) is 0 Å². The zero-order chi connectivity index (χ0) is 13.6. The van der Waals surface area contributed by atoms with Gasteiger partial charge in [-0.05, 0) is 27.7 Å². The minimum Gasteiger partial charge on any atom is -0.481 e. The van der Waals surface area contributed by atoms with Crippen molar-refractivity contribution in [1.82, 2.24) is 0 Å². The average Bonchev–Trinajstić information content (AvgIpc) is 2.11. The molecule has 6 heteroatoms. The van der Waals surface area contributed by atoms with Crippen LogP contribution >= 0.6 is 0 Å². The molecule has 1 atom stereocenters. The van der Waals surface area contributed by atoms with Gasteiger partial charge >= 0.3 is 11.9 Å². The number of carboxylic acids is 1. The van der Waals surface area contributed by atoms with Crippen molar-refractivity contribution >= 4 is 11.9 Å². The van der Waals surface area contributed by atoms with Crippen molar-refractivity contribution in [1.29, 1.82) is 0 Å². The molecule has 0 spiro atoms. The third kappa shape index (κ3) is 8.41. The summed E-state index contributed by atoms with van der Waals surface area (Å²) in [4.78, 5) is 31.4. The highest BCUT2D eigenvalue weighted by atomic mass is 17.2. The van der Waals surface area contributed by atoms with Gasteiger partial charge in [0.25, 0.3) is 0 Å². The predicted octanol–water partition coefficient (Wildman–Crippen LogP) is 1.65. The number of ether oxygens (including phenoxy) is 1. The van der Waals surface area contributed by atoms with Crippen LogP contribution in [0.15, 0.2) is 12.2 Å². The molecule has 0 aromatic rings. The van der Waals surface area contributed by atoms with Gasteiger partial charge in [-0.1, -0.05) is 6.58 Å². The Morgan fingerprint density at radius 2 is 1.88 bits per heavy atom. The number of carbonyl (C=O) groups excluding carboxylic acids is 1. The Bertz CT molecular complexity index is 302. The standard InChI is InChI=1S/C11H18O6/c1-7(2)10(14)15-9(6-8(12)13)16-17-11(3,4)5/h9H,1,6H2,2-5H3,(H,12,13). The molecule has 0 radical (unpaired) electrons. The van der Waals surface area contributed by atoms with Crippen molar-refractivity contribution in [2.45, 2.75) is 46.0 Å². The Hall–Kier alpha value is -1.40. The van der Waals surface area contributed by atoms with E-state index in [0.717, 1.165) is 0 Å². The van der Waals surface area contributed by atoms with Gasteiger partial charge in [0.1, 0.15) is 6.42 Å². The van der Waals surface area contributed by atoms with Gasteiger partial charge in [-0.15, -0.1) is 0 Å². The number of aliphatic carboxylic acids is 1. The van der Waals surface area contributed by atoms with Crippen molar-refractivity contribution < 1.29 is 29.2 Å². The Labute approximate surface area is 100 Å². The highest BCUT2D eigenvalue weighted by Gasteiger charge is 2.23. The Morgan fingerprint density at radius 1 is 1.35 bits per heavy atom. The van der Waals surface area contributed by atoms with Crippen LogP contribution in [0.2, 0.25) is 0 Å². The molecular formula is C11H18O6. The van der Waals surface area contributed by atoms with Crippen LogP contribution in [0.1, 0.15) is 34.1 Å². The summed E-state index contributed by atoms with van der Waals surface area (Å²) in [6.45, 7) is 9.97. The van der Waals surface area contributed by atoms with Gasteiger partial charge in [-0.2, -0.15) is 4.89 Å². The minimum atomic E-state index is -1.30. The second-order valence-electron chi connectivity index (χ2n) is 4.50. The first-order valence-corrected chi connectivity index (χ1v) is 5.04. The molecule has 0 saturated heterocycles. The van der Waals surface area contributed by atoms with E-state index in [1.54, 1.807) is 20.8 Å². The fourth-order valence-electron chi connectivity index (χ4n) is 0.656. The van der Waals surface area contributed by atoms with Gasteiger partial charge in [0.2, 0.25) is 6.29 Å². The van der Waals surface area contributed by atoms with Crippen LogP contribution < -0.4 is 0 Å². The van der Waals surface area contributed by atoms with E-state index in [9.17, 15) is 9.59 Å². The molecule has 0 aliphatic heterocycles. The van der Waals surface area contributed by atoms with Crippen LogP contribution in [-0.2, 0) is 24.1 Å². The number of hydrogen-bond donors (Lipinski definition) is 1. The number of carboxylic acid groups (broad SMARTS) is 1. The molecule has 0 aromatic carbocycles. The van der Waals surface area contributed by atoms with Gasteiger partial charge in [-0.25, -0.2) is 9.68 Å². The molecule has 6 nitrogen and oxygen atoms in total. The highest BCUT2D eigenvalue weighted by molar-refractivity contribution is 5.87. The maximum absolute atomic E-state index is 11.2. The number of hydrogen-bond acceptors (Lipinski definition) is 5. The molecule has 0 aliphatic rings. The molecule has 0 bridgehead atoms. The first-order chi connectivity index (χ1) is 7.61. The third-order valence-corrected chi connectivity index (χ3v) is 1.33. The SMILES string of the molecule is C=C(C)C(=O)OC(CC(=O)O)OOC(C)(C)C. The Balaban J connectivity index is 4.38. The Kier molecular flexibility index (Phi) is 5.84. The lowest BCUT2D eigenvalue weighted by Crippen LogP contribution is -2.29. The van der Waals surface area contributed by atoms with Gasteiger partial charge in [0.05, 0.1) is 5.60 Å². The summed E-state index contributed by atoms with van der Waals surface area (Å²) >= 11 is 0. The summed E-state index contributed by atoms with van der Waals surface area (Å²) < 4.78 is 4.75. The van der Waals surface area contributed by atoms with Crippen LogP contribution in [0.3, 0.4) is 0 Å². The molecule has 0 heterocycles. The van der Waals surface area contributed by atoms with Crippen molar-refractivity contribution in [2.24, 2.45) is 0 Å². The van der Waals surface area contributed by atoms with Crippen LogP contribution in [0.25, 0.3) is 0 Å². The lowest BCUT2D eigenvalue weighted by atomic mass is 10.2. The normalized spacial score (nSPS) is 12.9. The third-order valence-electron chi connectivity index (χ3n) is 1.33. The van der Waals surface area contributed by atoms with E-state index in [1.807, 2.05) is 0 Å². The zero-order valence-corrected chi connectivity index (χ0v) is 10.5. The summed E-state index contributed by atoms with van der Waals surface area (Å²) in [6, 6.07) is 0. The van der Waals surface area contributed by atoms with E-state index < -0.39 is 30.3 Å². The average molecular weight is 246 g/mol. The van der Waals surface area contributed by atoms with Gasteiger partial charge in [-0.3, -0.25) is 4.79 Å². The Morgan fingerprint density at radius 3 is 2.24 bits per heavy atom. The van der Waals surface area contributed by atoms with E-state index in [-0.39, 0.29) is 5.57 Å². The summed E-state index contributed by atoms with van der Waals surface area (Å²) in [6.07, 6.45) is -1.80. The molecule has 1 unspecified atom stereocenters. The highest BCUT2D eigenvalue weighted by Crippen LogP contribution is 2.12. The molecule has 0 saturated carbocycles. The van der Waals surface area contributed by atoms with Crippen LogP contribution in [-0.4, -0.2) is 28.9 Å². The summed E-state index contributed by atoms with van der Waals surface area (Å²) in [5, 5.41) is 8.62. The van der Waals surface area contributed by atoms with Gasteiger partial charge in [0.15, 0.2) is 0 Å². The maximum atomic E-state index is 11.2. The molecular weight excluding hydrogens is 228 g/mol. The first kappa shape index (κ1) is 15.6. The smallest absolute Gasteiger partial charge is 0.335 e. The molecule has 0 rings (SSSR count). The van der Waals surface area contributed by atoms with Crippen molar-refractivity contribution in [3.63, 3.8) is 0 Å². The van der Waals surface area contributed by atoms with Crippen LogP contribution in [0.5, 0.6) is 0 Å². The summed E-state index contributed by atoms with van der Waals surface area (Å²) in [7, 11) is 0. The quantitative estimate of drug-likeness (QED) is 0.252. The summed E-state index contributed by atoms with van der Waals surface area (Å²) in [5.74, 6) is -1.89. The number of esters is 1. The predicted molar refractivity (Wildman–Crippen MR) is 58.9 cm³/mol. The molecule has 0 aliphatic carbocycles. The fraction of sp³-hybridized carbons (Fsp3) is 0.636. The monoisotopic (exact) mass is 246 g/mol. The maximum Gasteiger partial charge on any atom is 0.335 e. The molecule has 98 valence electrons. The lowest BCUT2D eigenvalue weighted by Gasteiger charge is -2.22. The lowest BCUT2D eigenvalue weighted by molar-refractivity contribution is -0.408. The summed E-state index contributed by atoms with van der Waals surface area (Å²) in [5.41, 5.74) is -0.480. The van der Waals surface area contributed by atoms with Gasteiger partial charge in [0, 0.05) is 5.57 Å². The minimum absolute atomic E-state index is 0.153. The van der Waals surface area contributed by atoms with Crippen LogP contribution in [0, 0.1) is 0 Å². The second-order valence-corrected chi connectivity index (χ2v) is 4.50. The zero-order valence-electron chi connectivity index (χ0n) is 10.5. The van der Waals surface area contributed by atoms with E-state index in [2.05, 4.69) is 6.58 Å². The van der Waals surface area contributed by atoms with Gasteiger partial charge < -0.3 is 9.84 Å². The van der Waals surface area contributed by atoms with Crippen molar-refractivity contribution in [3.05, 3.63) is 12.2 Å². The number of rotatable bonds is 6. The van der Waals surface area contributed by atoms with E-state index in [1.165, 1.54) is 6.92 Å². The number of carbonyl (C=O) groups is 2. The first-order valence-electron chi connectivity index (χ1n) is 5.04. The van der Waals surface area contributed by atoms with Crippen molar-refractivity contribution in [3.8, 4) is 0 Å². The van der Waals surface area contributed by atoms with E-state index in [4.69, 9.17) is 19.6 Å². The molecule has 17 heavy (non-hydrogen) atoms. The second kappa shape index (κ2) is 6.36. The molecule has 1 N–H and O–H groups in total. The molecule has 0 amide bonds. The fourth-order valence-corrected chi connectivity index (χ4v) is 0.656. The van der Waals surface area contributed by atoms with Crippen LogP contribution in [0.4, 0.5) is 0 Å². The molecule has 0 fully saturated rings. The van der Waals surface area contributed by atoms with E-state index >= 15 is 0 Å². The van der Waals surface area contributed by atoms with Crippen molar-refractivity contribution in [2.75, 3.05) is 0 Å². The molecule has 0 aromatic heterocycles. The topological polar surface area (TPSA) is 82.1 Å². The largest absolute Gasteiger partial charge is 0.481 e.